The van der Waals surface area contributed by atoms with Crippen LogP contribution in [0.15, 0.2) is 0 Å². The molecule has 0 saturated carbocycles. The maximum absolute atomic E-state index is 11.8. The molecule has 3 unspecified atom stereocenters. The number of carbonyl (C=O) groups excluding carboxylic acids is 1. The van der Waals surface area contributed by atoms with Gasteiger partial charge in [0.05, 0.1) is 12.6 Å². The highest BCUT2D eigenvalue weighted by atomic mass is 16.4. The molecule has 0 aromatic rings. The van der Waals surface area contributed by atoms with E-state index in [2.05, 4.69) is 10.6 Å². The van der Waals surface area contributed by atoms with Crippen molar-refractivity contribution in [3.05, 3.63) is 0 Å². The van der Waals surface area contributed by atoms with Crippen LogP contribution in [-0.4, -0.2) is 46.8 Å². The van der Waals surface area contributed by atoms with E-state index in [0.717, 1.165) is 26.3 Å². The minimum atomic E-state index is -1.92. The van der Waals surface area contributed by atoms with Gasteiger partial charge in [0.1, 0.15) is 0 Å². The molecule has 0 aromatic heterocycles. The van der Waals surface area contributed by atoms with Gasteiger partial charge in [0, 0.05) is 0 Å². The molecule has 17 heavy (non-hydrogen) atoms. The predicted molar refractivity (Wildman–Crippen MR) is 61.5 cm³/mol. The lowest BCUT2D eigenvalue weighted by atomic mass is 9.92. The van der Waals surface area contributed by atoms with Crippen molar-refractivity contribution < 1.29 is 19.8 Å². The molecule has 1 rings (SSSR count). The first-order chi connectivity index (χ1) is 7.84. The lowest BCUT2D eigenvalue weighted by molar-refractivity contribution is -0.156. The van der Waals surface area contributed by atoms with Crippen molar-refractivity contribution in [3.8, 4) is 0 Å². The SMILES string of the molecule is CC1CCCNC1C(=O)NCC(C)(O)C(=O)O. The lowest BCUT2D eigenvalue weighted by Crippen LogP contribution is -2.54. The number of carbonyl (C=O) groups is 2. The van der Waals surface area contributed by atoms with Crippen LogP contribution in [0.5, 0.6) is 0 Å². The summed E-state index contributed by atoms with van der Waals surface area (Å²) in [5.41, 5.74) is -1.92. The maximum atomic E-state index is 11.8. The van der Waals surface area contributed by atoms with E-state index in [-0.39, 0.29) is 24.4 Å². The van der Waals surface area contributed by atoms with Crippen LogP contribution in [0, 0.1) is 5.92 Å². The van der Waals surface area contributed by atoms with Crippen molar-refractivity contribution in [2.45, 2.75) is 38.3 Å². The zero-order chi connectivity index (χ0) is 13.1. The number of aliphatic carboxylic acids is 1. The first-order valence-corrected chi connectivity index (χ1v) is 5.81. The van der Waals surface area contributed by atoms with Crippen LogP contribution in [0.3, 0.4) is 0 Å². The van der Waals surface area contributed by atoms with E-state index < -0.39 is 11.6 Å². The first-order valence-electron chi connectivity index (χ1n) is 5.81. The Bertz CT molecular complexity index is 304. The minimum absolute atomic E-state index is 0.221. The van der Waals surface area contributed by atoms with E-state index in [4.69, 9.17) is 5.11 Å². The number of amides is 1. The average Bonchev–Trinajstić information content (AvgIpc) is 2.26. The molecule has 1 aliphatic heterocycles. The molecule has 1 amide bonds. The monoisotopic (exact) mass is 244 g/mol. The normalized spacial score (nSPS) is 28.2. The second kappa shape index (κ2) is 5.46. The third kappa shape index (κ3) is 3.67. The summed E-state index contributed by atoms with van der Waals surface area (Å²) >= 11 is 0. The summed E-state index contributed by atoms with van der Waals surface area (Å²) in [5.74, 6) is -1.38. The number of hydrogen-bond acceptors (Lipinski definition) is 4. The summed E-state index contributed by atoms with van der Waals surface area (Å²) in [6, 6.07) is -0.298. The fourth-order valence-electron chi connectivity index (χ4n) is 1.85. The van der Waals surface area contributed by atoms with Gasteiger partial charge in [-0.15, -0.1) is 0 Å². The van der Waals surface area contributed by atoms with Crippen LogP contribution in [-0.2, 0) is 9.59 Å². The van der Waals surface area contributed by atoms with Crippen molar-refractivity contribution in [2.75, 3.05) is 13.1 Å². The standard InChI is InChI=1S/C11H20N2O4/c1-7-4-3-5-12-8(7)9(14)13-6-11(2,17)10(15)16/h7-8,12,17H,3-6H2,1-2H3,(H,13,14)(H,15,16). The highest BCUT2D eigenvalue weighted by molar-refractivity contribution is 5.83. The summed E-state index contributed by atoms with van der Waals surface area (Å²) in [4.78, 5) is 22.5. The highest BCUT2D eigenvalue weighted by Gasteiger charge is 2.33. The smallest absolute Gasteiger partial charge is 0.337 e. The topological polar surface area (TPSA) is 98.7 Å². The van der Waals surface area contributed by atoms with Crippen LogP contribution in [0.25, 0.3) is 0 Å². The highest BCUT2D eigenvalue weighted by Crippen LogP contribution is 2.15. The Morgan fingerprint density at radius 3 is 2.71 bits per heavy atom. The van der Waals surface area contributed by atoms with Crippen molar-refractivity contribution in [2.24, 2.45) is 5.92 Å². The van der Waals surface area contributed by atoms with Gasteiger partial charge >= 0.3 is 5.97 Å². The third-order valence-corrected chi connectivity index (χ3v) is 3.12. The van der Waals surface area contributed by atoms with Crippen molar-refractivity contribution >= 4 is 11.9 Å². The summed E-state index contributed by atoms with van der Waals surface area (Å²) in [6.45, 7) is 3.64. The number of hydrogen-bond donors (Lipinski definition) is 4. The van der Waals surface area contributed by atoms with Gasteiger partial charge in [-0.1, -0.05) is 6.92 Å². The van der Waals surface area contributed by atoms with Gasteiger partial charge in [0.15, 0.2) is 5.60 Å². The molecule has 0 aromatic carbocycles. The van der Waals surface area contributed by atoms with Gasteiger partial charge in [-0.05, 0) is 32.2 Å². The second-order valence-electron chi connectivity index (χ2n) is 4.85. The minimum Gasteiger partial charge on any atom is -0.479 e. The Morgan fingerprint density at radius 2 is 2.18 bits per heavy atom. The molecule has 6 nitrogen and oxygen atoms in total. The molecular weight excluding hydrogens is 224 g/mol. The van der Waals surface area contributed by atoms with Gasteiger partial charge in [-0.2, -0.15) is 0 Å². The first kappa shape index (κ1) is 13.9. The fraction of sp³-hybridized carbons (Fsp3) is 0.818. The van der Waals surface area contributed by atoms with Crippen molar-refractivity contribution in [1.82, 2.24) is 10.6 Å². The second-order valence-corrected chi connectivity index (χ2v) is 4.85. The number of carboxylic acid groups (broad SMARTS) is 1. The summed E-state index contributed by atoms with van der Waals surface area (Å²) in [6.07, 6.45) is 2.01. The molecule has 0 bridgehead atoms. The fourth-order valence-corrected chi connectivity index (χ4v) is 1.85. The maximum Gasteiger partial charge on any atom is 0.337 e. The van der Waals surface area contributed by atoms with Crippen molar-refractivity contribution in [1.29, 1.82) is 0 Å². The molecule has 3 atom stereocenters. The molecule has 98 valence electrons. The molecule has 1 fully saturated rings. The van der Waals surface area contributed by atoms with Gasteiger partial charge in [-0.25, -0.2) is 4.79 Å². The Hall–Kier alpha value is -1.14. The molecule has 1 heterocycles. The van der Waals surface area contributed by atoms with Crippen LogP contribution < -0.4 is 10.6 Å². The van der Waals surface area contributed by atoms with E-state index in [1.165, 1.54) is 0 Å². The van der Waals surface area contributed by atoms with Crippen molar-refractivity contribution in [3.63, 3.8) is 0 Å². The molecule has 6 heteroatoms. The van der Waals surface area contributed by atoms with E-state index in [9.17, 15) is 14.7 Å². The number of aliphatic hydroxyl groups is 1. The number of piperidine rings is 1. The predicted octanol–water partition coefficient (Wildman–Crippen LogP) is -0.674. The summed E-state index contributed by atoms with van der Waals surface area (Å²) < 4.78 is 0. The Morgan fingerprint density at radius 1 is 1.53 bits per heavy atom. The van der Waals surface area contributed by atoms with E-state index in [1.807, 2.05) is 6.92 Å². The summed E-state index contributed by atoms with van der Waals surface area (Å²) in [5, 5.41) is 23.7. The number of nitrogens with one attached hydrogen (secondary N) is 2. The summed E-state index contributed by atoms with van der Waals surface area (Å²) in [7, 11) is 0. The van der Waals surface area contributed by atoms with Gasteiger partial charge < -0.3 is 20.8 Å². The molecule has 0 spiro atoms. The molecule has 0 radical (unpaired) electrons. The molecular formula is C11H20N2O4. The average molecular weight is 244 g/mol. The van der Waals surface area contributed by atoms with Gasteiger partial charge in [0.2, 0.25) is 5.91 Å². The Balaban J connectivity index is 2.46. The van der Waals surface area contributed by atoms with E-state index in [1.54, 1.807) is 0 Å². The molecule has 0 aliphatic carbocycles. The third-order valence-electron chi connectivity index (χ3n) is 3.12. The quantitative estimate of drug-likeness (QED) is 0.525. The van der Waals surface area contributed by atoms with Crippen LogP contribution in [0.2, 0.25) is 0 Å². The van der Waals surface area contributed by atoms with Crippen LogP contribution in [0.4, 0.5) is 0 Å². The van der Waals surface area contributed by atoms with E-state index in [0.29, 0.717) is 0 Å². The van der Waals surface area contributed by atoms with Gasteiger partial charge in [0.25, 0.3) is 0 Å². The Kier molecular flexibility index (Phi) is 4.47. The molecule has 1 aliphatic rings. The van der Waals surface area contributed by atoms with Crippen LogP contribution in [0.1, 0.15) is 26.7 Å². The zero-order valence-electron chi connectivity index (χ0n) is 10.2. The molecule has 4 N–H and O–H groups in total. The van der Waals surface area contributed by atoms with Crippen LogP contribution >= 0.6 is 0 Å². The van der Waals surface area contributed by atoms with Gasteiger partial charge in [-0.3, -0.25) is 4.79 Å². The lowest BCUT2D eigenvalue weighted by Gasteiger charge is -2.29. The largest absolute Gasteiger partial charge is 0.479 e. The van der Waals surface area contributed by atoms with E-state index >= 15 is 0 Å². The molecule has 1 saturated heterocycles. The zero-order valence-corrected chi connectivity index (χ0v) is 10.2. The Labute approximate surface area is 100 Å². The number of rotatable bonds is 4. The number of carboxylic acids is 1.